The molecule has 0 saturated carbocycles. The first-order valence-corrected chi connectivity index (χ1v) is 19.6. The van der Waals surface area contributed by atoms with Gasteiger partial charge in [-0.2, -0.15) is 0 Å². The SMILES string of the molecule is Cc1ccccc1-c1cccc(-c2ccccc2)c1-n1c2ccccc2c2c(N(c3ccc(-c4ccccc4)cc3)c3ccccc3-c3ccccc3)cccc21. The summed E-state index contributed by atoms with van der Waals surface area (Å²) in [4.78, 5) is 2.46. The zero-order valence-electron chi connectivity index (χ0n) is 31.8. The number of hydrogen-bond acceptors (Lipinski definition) is 1. The molecule has 0 unspecified atom stereocenters. The monoisotopic (exact) mass is 728 g/mol. The molecule has 270 valence electrons. The van der Waals surface area contributed by atoms with Crippen molar-refractivity contribution in [1.29, 1.82) is 0 Å². The summed E-state index contributed by atoms with van der Waals surface area (Å²) >= 11 is 0. The van der Waals surface area contributed by atoms with Gasteiger partial charge in [-0.25, -0.2) is 0 Å². The summed E-state index contributed by atoms with van der Waals surface area (Å²) in [6, 6.07) is 81.2. The largest absolute Gasteiger partial charge is 0.309 e. The second kappa shape index (κ2) is 14.7. The molecule has 0 aliphatic heterocycles. The molecule has 57 heavy (non-hydrogen) atoms. The van der Waals surface area contributed by atoms with Crippen LogP contribution in [0.5, 0.6) is 0 Å². The number of benzene rings is 9. The van der Waals surface area contributed by atoms with Crippen LogP contribution in [0.15, 0.2) is 224 Å². The number of hydrogen-bond donors (Lipinski definition) is 0. The van der Waals surface area contributed by atoms with Crippen molar-refractivity contribution in [2.45, 2.75) is 6.92 Å². The molecule has 2 heteroatoms. The Morgan fingerprint density at radius 2 is 0.825 bits per heavy atom. The van der Waals surface area contributed by atoms with E-state index in [1.165, 1.54) is 66.5 Å². The van der Waals surface area contributed by atoms with Crippen molar-refractivity contribution in [2.75, 3.05) is 4.90 Å². The van der Waals surface area contributed by atoms with E-state index in [0.717, 1.165) is 28.1 Å². The van der Waals surface area contributed by atoms with Crippen LogP contribution in [0.3, 0.4) is 0 Å². The molecule has 0 bridgehead atoms. The van der Waals surface area contributed by atoms with Crippen molar-refractivity contribution in [3.05, 3.63) is 230 Å². The highest BCUT2D eigenvalue weighted by molar-refractivity contribution is 6.17. The van der Waals surface area contributed by atoms with Gasteiger partial charge in [0.25, 0.3) is 0 Å². The lowest BCUT2D eigenvalue weighted by Crippen LogP contribution is -2.11. The van der Waals surface area contributed by atoms with Crippen molar-refractivity contribution < 1.29 is 0 Å². The van der Waals surface area contributed by atoms with Gasteiger partial charge in [-0.3, -0.25) is 0 Å². The number of aromatic nitrogens is 1. The number of anilines is 3. The van der Waals surface area contributed by atoms with E-state index in [2.05, 4.69) is 241 Å². The topological polar surface area (TPSA) is 8.17 Å². The molecule has 9 aromatic carbocycles. The Balaban J connectivity index is 1.29. The summed E-state index contributed by atoms with van der Waals surface area (Å²) in [5.74, 6) is 0. The highest BCUT2D eigenvalue weighted by Gasteiger charge is 2.25. The Morgan fingerprint density at radius 1 is 0.333 bits per heavy atom. The third kappa shape index (κ3) is 6.09. The van der Waals surface area contributed by atoms with Crippen molar-refractivity contribution in [2.24, 2.45) is 0 Å². The van der Waals surface area contributed by atoms with Crippen LogP contribution in [0.25, 0.3) is 72.0 Å². The second-order valence-corrected chi connectivity index (χ2v) is 14.5. The van der Waals surface area contributed by atoms with Crippen LogP contribution in [0.4, 0.5) is 17.1 Å². The van der Waals surface area contributed by atoms with Crippen molar-refractivity contribution >= 4 is 38.9 Å². The van der Waals surface area contributed by atoms with Crippen LogP contribution in [0.1, 0.15) is 5.56 Å². The minimum atomic E-state index is 1.09. The van der Waals surface area contributed by atoms with Crippen LogP contribution >= 0.6 is 0 Å². The average molecular weight is 729 g/mol. The normalized spacial score (nSPS) is 11.2. The summed E-state index contributed by atoms with van der Waals surface area (Å²) in [7, 11) is 0. The standard InChI is InChI=1S/C55H40N2/c1-39-19-11-12-26-45(39)48-30-17-29-47(43-24-9-4-10-25-43)55(48)57-51-32-16-14-28-49(51)54-52(33-18-34-53(54)57)56(44-37-35-41(36-38-44)40-20-5-2-6-21-40)50-31-15-13-27-46(50)42-22-7-3-8-23-42/h2-38H,1H3. The number of aryl methyl sites for hydroxylation is 1. The van der Waals surface area contributed by atoms with Gasteiger partial charge in [-0.15, -0.1) is 0 Å². The predicted octanol–water partition coefficient (Wildman–Crippen LogP) is 15.2. The van der Waals surface area contributed by atoms with Gasteiger partial charge in [0, 0.05) is 33.2 Å². The van der Waals surface area contributed by atoms with E-state index >= 15 is 0 Å². The van der Waals surface area contributed by atoms with E-state index in [4.69, 9.17) is 0 Å². The van der Waals surface area contributed by atoms with Crippen molar-refractivity contribution in [3.63, 3.8) is 0 Å². The molecule has 10 aromatic rings. The quantitative estimate of drug-likeness (QED) is 0.151. The van der Waals surface area contributed by atoms with E-state index in [9.17, 15) is 0 Å². The lowest BCUT2D eigenvalue weighted by Gasteiger charge is -2.29. The first-order valence-electron chi connectivity index (χ1n) is 19.6. The van der Waals surface area contributed by atoms with Gasteiger partial charge < -0.3 is 9.47 Å². The number of rotatable bonds is 8. The Morgan fingerprint density at radius 3 is 1.54 bits per heavy atom. The van der Waals surface area contributed by atoms with E-state index in [1.54, 1.807) is 0 Å². The van der Waals surface area contributed by atoms with Crippen LogP contribution in [0, 0.1) is 6.92 Å². The highest BCUT2D eigenvalue weighted by Crippen LogP contribution is 2.48. The molecule has 1 heterocycles. The summed E-state index contributed by atoms with van der Waals surface area (Å²) in [5.41, 5.74) is 17.6. The van der Waals surface area contributed by atoms with E-state index in [0.29, 0.717) is 0 Å². The molecule has 0 N–H and O–H groups in total. The Kier molecular flexibility index (Phi) is 8.78. The smallest absolute Gasteiger partial charge is 0.0619 e. The van der Waals surface area contributed by atoms with Crippen LogP contribution in [-0.4, -0.2) is 4.57 Å². The minimum absolute atomic E-state index is 1.09. The maximum Gasteiger partial charge on any atom is 0.0619 e. The van der Waals surface area contributed by atoms with Gasteiger partial charge in [-0.05, 0) is 76.7 Å². The predicted molar refractivity (Wildman–Crippen MR) is 242 cm³/mol. The molecular formula is C55H40N2. The van der Waals surface area contributed by atoms with Crippen LogP contribution in [-0.2, 0) is 0 Å². The molecule has 0 aliphatic carbocycles. The molecule has 1 aromatic heterocycles. The third-order valence-electron chi connectivity index (χ3n) is 11.2. The van der Waals surface area contributed by atoms with E-state index < -0.39 is 0 Å². The molecule has 0 aliphatic rings. The molecule has 0 atom stereocenters. The first-order chi connectivity index (χ1) is 28.2. The molecule has 10 rings (SSSR count). The first kappa shape index (κ1) is 34.1. The summed E-state index contributed by atoms with van der Waals surface area (Å²) < 4.78 is 2.51. The van der Waals surface area contributed by atoms with Gasteiger partial charge in [0.2, 0.25) is 0 Å². The molecule has 0 amide bonds. The fourth-order valence-corrected chi connectivity index (χ4v) is 8.53. The van der Waals surface area contributed by atoms with Crippen LogP contribution < -0.4 is 4.90 Å². The zero-order chi connectivity index (χ0) is 38.1. The lowest BCUT2D eigenvalue weighted by molar-refractivity contribution is 1.18. The summed E-state index contributed by atoms with van der Waals surface area (Å²) in [6.45, 7) is 2.21. The van der Waals surface area contributed by atoms with Gasteiger partial charge >= 0.3 is 0 Å². The number of nitrogens with zero attached hydrogens (tertiary/aromatic N) is 2. The molecule has 0 saturated heterocycles. The fraction of sp³-hybridized carbons (Fsp3) is 0.0182. The Labute approximate surface area is 334 Å². The minimum Gasteiger partial charge on any atom is -0.309 e. The fourth-order valence-electron chi connectivity index (χ4n) is 8.53. The molecular weight excluding hydrogens is 689 g/mol. The summed E-state index contributed by atoms with van der Waals surface area (Å²) in [5, 5.41) is 2.39. The maximum absolute atomic E-state index is 2.51. The van der Waals surface area contributed by atoms with Gasteiger partial charge in [-0.1, -0.05) is 188 Å². The van der Waals surface area contributed by atoms with E-state index in [1.807, 2.05) is 0 Å². The van der Waals surface area contributed by atoms with E-state index in [-0.39, 0.29) is 0 Å². The molecule has 0 radical (unpaired) electrons. The average Bonchev–Trinajstić information content (AvgIpc) is 3.62. The molecule has 0 fully saturated rings. The summed E-state index contributed by atoms with van der Waals surface area (Å²) in [6.07, 6.45) is 0. The maximum atomic E-state index is 2.51. The Hall–Kier alpha value is -7.42. The highest BCUT2D eigenvalue weighted by atomic mass is 15.2. The lowest BCUT2D eigenvalue weighted by atomic mass is 9.93. The molecule has 0 spiro atoms. The number of para-hydroxylation sites is 3. The van der Waals surface area contributed by atoms with Crippen molar-refractivity contribution in [3.8, 4) is 50.2 Å². The second-order valence-electron chi connectivity index (χ2n) is 14.5. The Bertz CT molecular complexity index is 3000. The third-order valence-corrected chi connectivity index (χ3v) is 11.2. The van der Waals surface area contributed by atoms with Gasteiger partial charge in [0.05, 0.1) is 28.1 Å². The van der Waals surface area contributed by atoms with Crippen LogP contribution in [0.2, 0.25) is 0 Å². The zero-order valence-corrected chi connectivity index (χ0v) is 31.8. The molecule has 2 nitrogen and oxygen atoms in total. The van der Waals surface area contributed by atoms with Crippen molar-refractivity contribution in [1.82, 2.24) is 4.57 Å². The van der Waals surface area contributed by atoms with Gasteiger partial charge in [0.1, 0.15) is 0 Å². The van der Waals surface area contributed by atoms with Gasteiger partial charge in [0.15, 0.2) is 0 Å². The number of fused-ring (bicyclic) bond motifs is 3.